The number of rotatable bonds is 2. The summed E-state index contributed by atoms with van der Waals surface area (Å²) in [6, 6.07) is 7.17. The van der Waals surface area contributed by atoms with Gasteiger partial charge in [0.15, 0.2) is 4.67 Å². The van der Waals surface area contributed by atoms with Crippen molar-refractivity contribution in [1.29, 1.82) is 0 Å². The smallest absolute Gasteiger partial charge is 0.307 e. The molecule has 4 heteroatoms. The second-order valence-electron chi connectivity index (χ2n) is 2.95. The van der Waals surface area contributed by atoms with Crippen LogP contribution >= 0.6 is 15.9 Å². The molecule has 0 spiro atoms. The highest BCUT2D eigenvalue weighted by Crippen LogP contribution is 2.26. The van der Waals surface area contributed by atoms with Crippen LogP contribution < -0.4 is 0 Å². The Labute approximate surface area is 88.5 Å². The summed E-state index contributed by atoms with van der Waals surface area (Å²) in [6.07, 6.45) is 0.0172. The number of carbonyl (C=O) groups is 1. The zero-order valence-electron chi connectivity index (χ0n) is 7.16. The molecule has 0 aliphatic heterocycles. The van der Waals surface area contributed by atoms with Gasteiger partial charge >= 0.3 is 5.97 Å². The fourth-order valence-corrected chi connectivity index (χ4v) is 1.81. The van der Waals surface area contributed by atoms with Gasteiger partial charge in [0.25, 0.3) is 0 Å². The molecule has 2 aromatic rings. The molecule has 0 fully saturated rings. The summed E-state index contributed by atoms with van der Waals surface area (Å²) in [5.74, 6) is -0.838. The van der Waals surface area contributed by atoms with E-state index in [2.05, 4.69) is 15.9 Å². The fraction of sp³-hybridized carbons (Fsp3) is 0.100. The molecule has 14 heavy (non-hydrogen) atoms. The number of fused-ring (bicyclic) bond motifs is 1. The zero-order valence-corrected chi connectivity index (χ0v) is 8.74. The average Bonchev–Trinajstić information content (AvgIpc) is 2.45. The van der Waals surface area contributed by atoms with Crippen LogP contribution in [0.4, 0.5) is 0 Å². The van der Waals surface area contributed by atoms with Crippen LogP contribution in [-0.4, -0.2) is 11.1 Å². The number of benzene rings is 1. The number of carboxylic acids is 1. The van der Waals surface area contributed by atoms with Crippen LogP contribution in [0.3, 0.4) is 0 Å². The predicted molar refractivity (Wildman–Crippen MR) is 55.3 cm³/mol. The Bertz CT molecular complexity index is 487. The lowest BCUT2D eigenvalue weighted by Gasteiger charge is -1.97. The molecular weight excluding hydrogens is 248 g/mol. The Hall–Kier alpha value is -1.29. The first-order valence-corrected chi connectivity index (χ1v) is 4.85. The molecule has 72 valence electrons. The third kappa shape index (κ3) is 1.65. The number of hydrogen-bond acceptors (Lipinski definition) is 2. The summed E-state index contributed by atoms with van der Waals surface area (Å²) in [6.45, 7) is 0. The summed E-state index contributed by atoms with van der Waals surface area (Å²) in [4.78, 5) is 10.6. The van der Waals surface area contributed by atoms with E-state index < -0.39 is 5.97 Å². The molecular formula is C10H7BrO3. The molecule has 0 aliphatic carbocycles. The molecule has 0 saturated heterocycles. The topological polar surface area (TPSA) is 50.4 Å². The van der Waals surface area contributed by atoms with Crippen LogP contribution in [0, 0.1) is 0 Å². The van der Waals surface area contributed by atoms with E-state index in [9.17, 15) is 4.79 Å². The van der Waals surface area contributed by atoms with Crippen molar-refractivity contribution in [3.8, 4) is 0 Å². The normalized spacial score (nSPS) is 10.6. The van der Waals surface area contributed by atoms with Crippen molar-refractivity contribution in [2.75, 3.05) is 0 Å². The van der Waals surface area contributed by atoms with Gasteiger partial charge in [-0.3, -0.25) is 4.79 Å². The van der Waals surface area contributed by atoms with Crippen molar-refractivity contribution in [2.24, 2.45) is 0 Å². The highest BCUT2D eigenvalue weighted by molar-refractivity contribution is 9.10. The molecule has 3 nitrogen and oxygen atoms in total. The van der Waals surface area contributed by atoms with Crippen molar-refractivity contribution in [1.82, 2.24) is 0 Å². The summed E-state index contributed by atoms with van der Waals surface area (Å²) in [5.41, 5.74) is 1.47. The number of carboxylic acid groups (broad SMARTS) is 1. The predicted octanol–water partition coefficient (Wildman–Crippen LogP) is 2.82. The second kappa shape index (κ2) is 3.46. The lowest BCUT2D eigenvalue weighted by atomic mass is 10.1. The molecule has 2 rings (SSSR count). The number of halogens is 1. The molecule has 1 heterocycles. The van der Waals surface area contributed by atoms with Gasteiger partial charge in [-0.2, -0.15) is 0 Å². The van der Waals surface area contributed by atoms with Gasteiger partial charge in [0.1, 0.15) is 5.58 Å². The molecule has 0 unspecified atom stereocenters. The summed E-state index contributed by atoms with van der Waals surface area (Å²) >= 11 is 3.21. The van der Waals surface area contributed by atoms with Crippen LogP contribution in [0.2, 0.25) is 0 Å². The van der Waals surface area contributed by atoms with Crippen LogP contribution in [0.1, 0.15) is 5.56 Å². The van der Waals surface area contributed by atoms with Gasteiger partial charge in [-0.15, -0.1) is 0 Å². The van der Waals surface area contributed by atoms with Crippen LogP contribution in [0.5, 0.6) is 0 Å². The Morgan fingerprint density at radius 3 is 3.00 bits per heavy atom. The average molecular weight is 255 g/mol. The van der Waals surface area contributed by atoms with E-state index in [1.165, 1.54) is 0 Å². The molecule has 0 aliphatic rings. The monoisotopic (exact) mass is 254 g/mol. The molecule has 1 aromatic carbocycles. The Morgan fingerprint density at radius 2 is 2.29 bits per heavy atom. The van der Waals surface area contributed by atoms with Crippen molar-refractivity contribution in [3.05, 3.63) is 34.5 Å². The fourth-order valence-electron chi connectivity index (χ4n) is 1.41. The lowest BCUT2D eigenvalue weighted by Crippen LogP contribution is -1.99. The Kier molecular flexibility index (Phi) is 2.29. The van der Waals surface area contributed by atoms with Gasteiger partial charge in [0.05, 0.1) is 6.42 Å². The van der Waals surface area contributed by atoms with Crippen LogP contribution in [0.25, 0.3) is 11.0 Å². The molecule has 0 bridgehead atoms. The van der Waals surface area contributed by atoms with Crippen molar-refractivity contribution < 1.29 is 14.3 Å². The maximum Gasteiger partial charge on any atom is 0.307 e. The highest BCUT2D eigenvalue weighted by Gasteiger charge is 2.08. The Balaban J connectivity index is 2.58. The number of hydrogen-bond donors (Lipinski definition) is 1. The first-order chi connectivity index (χ1) is 6.66. The van der Waals surface area contributed by atoms with Crippen molar-refractivity contribution >= 4 is 32.9 Å². The molecule has 0 amide bonds. The molecule has 1 aromatic heterocycles. The van der Waals surface area contributed by atoms with E-state index in [1.54, 1.807) is 18.2 Å². The van der Waals surface area contributed by atoms with Crippen molar-refractivity contribution in [3.63, 3.8) is 0 Å². The van der Waals surface area contributed by atoms with Crippen LogP contribution in [-0.2, 0) is 11.2 Å². The third-order valence-electron chi connectivity index (χ3n) is 1.96. The second-order valence-corrected chi connectivity index (χ2v) is 3.73. The van der Waals surface area contributed by atoms with Gasteiger partial charge in [-0.1, -0.05) is 12.1 Å². The number of furan rings is 1. The number of aliphatic carboxylic acids is 1. The molecule has 0 atom stereocenters. The Morgan fingerprint density at radius 1 is 1.50 bits per heavy atom. The van der Waals surface area contributed by atoms with E-state index in [1.807, 2.05) is 6.07 Å². The molecule has 0 radical (unpaired) electrons. The minimum atomic E-state index is -0.838. The van der Waals surface area contributed by atoms with Gasteiger partial charge in [-0.05, 0) is 33.6 Å². The van der Waals surface area contributed by atoms with Crippen molar-refractivity contribution in [2.45, 2.75) is 6.42 Å². The van der Waals surface area contributed by atoms with E-state index in [-0.39, 0.29) is 6.42 Å². The molecule has 1 N–H and O–H groups in total. The maximum absolute atomic E-state index is 10.6. The third-order valence-corrected chi connectivity index (χ3v) is 2.35. The quantitative estimate of drug-likeness (QED) is 0.897. The lowest BCUT2D eigenvalue weighted by molar-refractivity contribution is -0.136. The van der Waals surface area contributed by atoms with E-state index in [0.717, 1.165) is 10.9 Å². The molecule has 0 saturated carbocycles. The van der Waals surface area contributed by atoms with Gasteiger partial charge in [0, 0.05) is 5.39 Å². The summed E-state index contributed by atoms with van der Waals surface area (Å²) in [5, 5.41) is 9.54. The summed E-state index contributed by atoms with van der Waals surface area (Å²) in [7, 11) is 0. The summed E-state index contributed by atoms with van der Waals surface area (Å²) < 4.78 is 5.93. The minimum Gasteiger partial charge on any atom is -0.481 e. The first-order valence-electron chi connectivity index (χ1n) is 4.05. The van der Waals surface area contributed by atoms with E-state index >= 15 is 0 Å². The van der Waals surface area contributed by atoms with Gasteiger partial charge < -0.3 is 9.52 Å². The van der Waals surface area contributed by atoms with Crippen LogP contribution in [0.15, 0.2) is 33.4 Å². The van der Waals surface area contributed by atoms with Gasteiger partial charge in [-0.25, -0.2) is 0 Å². The SMILES string of the molecule is O=C(O)Cc1cccc2oc(Br)cc12. The van der Waals surface area contributed by atoms with E-state index in [0.29, 0.717) is 10.3 Å². The van der Waals surface area contributed by atoms with E-state index in [4.69, 9.17) is 9.52 Å². The first kappa shape index (κ1) is 9.27. The highest BCUT2D eigenvalue weighted by atomic mass is 79.9. The zero-order chi connectivity index (χ0) is 10.1. The van der Waals surface area contributed by atoms with Gasteiger partial charge in [0.2, 0.25) is 0 Å². The maximum atomic E-state index is 10.6. The minimum absolute atomic E-state index is 0.0172. The standard InChI is InChI=1S/C10H7BrO3/c11-9-5-7-6(4-10(12)13)2-1-3-8(7)14-9/h1-3,5H,4H2,(H,12,13). The largest absolute Gasteiger partial charge is 0.481 e.